The Kier molecular flexibility index (Phi) is 5.62. The highest BCUT2D eigenvalue weighted by Gasteiger charge is 2.31. The molecule has 3 atom stereocenters. The van der Waals surface area contributed by atoms with Crippen molar-refractivity contribution in [2.24, 2.45) is 17.8 Å². The van der Waals surface area contributed by atoms with Crippen molar-refractivity contribution >= 4 is 15.9 Å². The summed E-state index contributed by atoms with van der Waals surface area (Å²) in [6.45, 7) is 4.64. The summed E-state index contributed by atoms with van der Waals surface area (Å²) in [6.07, 6.45) is 4.76. The maximum Gasteiger partial charge on any atom is 0.124 e. The van der Waals surface area contributed by atoms with E-state index in [1.807, 2.05) is 0 Å². The molecule has 112 valence electrons. The van der Waals surface area contributed by atoms with Gasteiger partial charge in [-0.05, 0) is 74.2 Å². The third-order valence-electron chi connectivity index (χ3n) is 4.76. The van der Waals surface area contributed by atoms with Gasteiger partial charge in [0.1, 0.15) is 5.82 Å². The number of hydrogen-bond acceptors (Lipinski definition) is 1. The fourth-order valence-corrected chi connectivity index (χ4v) is 4.06. The van der Waals surface area contributed by atoms with E-state index >= 15 is 0 Å². The normalized spacial score (nSPS) is 27.0. The van der Waals surface area contributed by atoms with Gasteiger partial charge in [0.15, 0.2) is 0 Å². The number of nitrogens with one attached hydrogen (secondary N) is 1. The van der Waals surface area contributed by atoms with Crippen LogP contribution >= 0.6 is 15.9 Å². The van der Waals surface area contributed by atoms with E-state index in [1.165, 1.54) is 25.3 Å². The first-order valence-corrected chi connectivity index (χ1v) is 8.41. The molecule has 1 nitrogen and oxygen atoms in total. The highest BCUT2D eigenvalue weighted by molar-refractivity contribution is 9.10. The summed E-state index contributed by atoms with van der Waals surface area (Å²) in [7, 11) is 2.05. The highest BCUT2D eigenvalue weighted by Crippen LogP contribution is 2.36. The minimum Gasteiger partial charge on any atom is -0.317 e. The van der Waals surface area contributed by atoms with Crippen molar-refractivity contribution in [2.45, 2.75) is 45.6 Å². The van der Waals surface area contributed by atoms with Crippen LogP contribution in [-0.2, 0) is 6.42 Å². The highest BCUT2D eigenvalue weighted by atomic mass is 79.9. The molecule has 1 aliphatic rings. The largest absolute Gasteiger partial charge is 0.317 e. The molecule has 3 heteroatoms. The van der Waals surface area contributed by atoms with Gasteiger partial charge < -0.3 is 5.32 Å². The van der Waals surface area contributed by atoms with Crippen LogP contribution in [0.1, 0.15) is 38.7 Å². The molecule has 1 fully saturated rings. The third-order valence-corrected chi connectivity index (χ3v) is 5.21. The van der Waals surface area contributed by atoms with Crippen LogP contribution in [0.3, 0.4) is 0 Å². The lowest BCUT2D eigenvalue weighted by Gasteiger charge is -2.38. The van der Waals surface area contributed by atoms with E-state index in [9.17, 15) is 4.39 Å². The predicted molar refractivity (Wildman–Crippen MR) is 86.3 cm³/mol. The van der Waals surface area contributed by atoms with Crippen LogP contribution in [-0.4, -0.2) is 13.1 Å². The first-order valence-electron chi connectivity index (χ1n) is 7.61. The van der Waals surface area contributed by atoms with Crippen LogP contribution in [0.2, 0.25) is 0 Å². The Morgan fingerprint density at radius 3 is 2.65 bits per heavy atom. The molecule has 0 amide bonds. The van der Waals surface area contributed by atoms with Crippen LogP contribution in [0.4, 0.5) is 4.39 Å². The number of hydrogen-bond donors (Lipinski definition) is 1. The zero-order valence-electron chi connectivity index (χ0n) is 12.6. The lowest BCUT2D eigenvalue weighted by atomic mass is 9.72. The zero-order valence-corrected chi connectivity index (χ0v) is 14.2. The van der Waals surface area contributed by atoms with Crippen LogP contribution in [0.25, 0.3) is 0 Å². The fourth-order valence-electron chi connectivity index (χ4n) is 3.54. The monoisotopic (exact) mass is 341 g/mol. The standard InChI is InChI=1S/C17H25BrFN/c1-11(2)13-4-5-17(20-3)14(9-13)6-12-7-15(18)10-16(19)8-12/h7-8,10-11,13-14,17,20H,4-6,9H2,1-3H3. The lowest BCUT2D eigenvalue weighted by molar-refractivity contribution is 0.172. The molecule has 0 saturated heterocycles. The van der Waals surface area contributed by atoms with Crippen molar-refractivity contribution in [3.05, 3.63) is 34.1 Å². The molecule has 1 aromatic carbocycles. The maximum absolute atomic E-state index is 13.5. The van der Waals surface area contributed by atoms with Gasteiger partial charge in [0.05, 0.1) is 0 Å². The molecule has 1 aliphatic carbocycles. The molecule has 0 radical (unpaired) electrons. The molecular formula is C17H25BrFN. The Labute approximate surface area is 130 Å². The molecule has 0 aromatic heterocycles. The molecule has 1 aromatic rings. The number of benzene rings is 1. The Hall–Kier alpha value is -0.410. The number of rotatable bonds is 4. The van der Waals surface area contributed by atoms with Crippen molar-refractivity contribution in [2.75, 3.05) is 7.05 Å². The molecule has 3 unspecified atom stereocenters. The minimum absolute atomic E-state index is 0.147. The van der Waals surface area contributed by atoms with Gasteiger partial charge in [-0.15, -0.1) is 0 Å². The van der Waals surface area contributed by atoms with Gasteiger partial charge in [0, 0.05) is 10.5 Å². The SMILES string of the molecule is CNC1CCC(C(C)C)CC1Cc1cc(F)cc(Br)c1. The lowest BCUT2D eigenvalue weighted by Crippen LogP contribution is -2.40. The van der Waals surface area contributed by atoms with Gasteiger partial charge in [-0.1, -0.05) is 29.8 Å². The van der Waals surface area contributed by atoms with Crippen molar-refractivity contribution in [3.8, 4) is 0 Å². The summed E-state index contributed by atoms with van der Waals surface area (Å²) in [5, 5.41) is 3.46. The van der Waals surface area contributed by atoms with Gasteiger partial charge in [-0.25, -0.2) is 4.39 Å². The quantitative estimate of drug-likeness (QED) is 0.829. The Morgan fingerprint density at radius 2 is 2.05 bits per heavy atom. The first-order chi connectivity index (χ1) is 9.49. The van der Waals surface area contributed by atoms with E-state index in [1.54, 1.807) is 6.07 Å². The third kappa shape index (κ3) is 4.05. The molecule has 0 spiro atoms. The molecular weight excluding hydrogens is 317 g/mol. The fraction of sp³-hybridized carbons (Fsp3) is 0.647. The Balaban J connectivity index is 2.11. The Morgan fingerprint density at radius 1 is 1.30 bits per heavy atom. The van der Waals surface area contributed by atoms with Gasteiger partial charge in [0.25, 0.3) is 0 Å². The minimum atomic E-state index is -0.147. The van der Waals surface area contributed by atoms with E-state index in [4.69, 9.17) is 0 Å². The summed E-state index contributed by atoms with van der Waals surface area (Å²) in [5.74, 6) is 2.01. The van der Waals surface area contributed by atoms with Crippen LogP contribution in [0, 0.1) is 23.6 Å². The van der Waals surface area contributed by atoms with Gasteiger partial charge in [0.2, 0.25) is 0 Å². The molecule has 20 heavy (non-hydrogen) atoms. The molecule has 2 rings (SSSR count). The van der Waals surface area contributed by atoms with E-state index in [0.717, 1.165) is 28.3 Å². The summed E-state index contributed by atoms with van der Waals surface area (Å²) < 4.78 is 14.4. The topological polar surface area (TPSA) is 12.0 Å². The van der Waals surface area contributed by atoms with E-state index in [-0.39, 0.29) is 5.82 Å². The van der Waals surface area contributed by atoms with Crippen LogP contribution in [0.15, 0.2) is 22.7 Å². The molecule has 1 saturated carbocycles. The van der Waals surface area contributed by atoms with Crippen molar-refractivity contribution in [1.82, 2.24) is 5.32 Å². The van der Waals surface area contributed by atoms with Gasteiger partial charge >= 0.3 is 0 Å². The summed E-state index contributed by atoms with van der Waals surface area (Å²) in [4.78, 5) is 0. The van der Waals surface area contributed by atoms with Crippen LogP contribution < -0.4 is 5.32 Å². The second kappa shape index (κ2) is 7.04. The summed E-state index contributed by atoms with van der Waals surface area (Å²) in [5.41, 5.74) is 1.10. The predicted octanol–water partition coefficient (Wildman–Crippen LogP) is 4.79. The van der Waals surface area contributed by atoms with Crippen molar-refractivity contribution in [3.63, 3.8) is 0 Å². The average Bonchev–Trinajstić information content (AvgIpc) is 2.37. The maximum atomic E-state index is 13.5. The first kappa shape index (κ1) is 16.0. The summed E-state index contributed by atoms with van der Waals surface area (Å²) >= 11 is 3.39. The van der Waals surface area contributed by atoms with E-state index in [2.05, 4.69) is 48.2 Å². The number of halogens is 2. The second-order valence-corrected chi connectivity index (χ2v) is 7.37. The van der Waals surface area contributed by atoms with Gasteiger partial charge in [-0.3, -0.25) is 0 Å². The molecule has 0 bridgehead atoms. The summed E-state index contributed by atoms with van der Waals surface area (Å²) in [6, 6.07) is 5.81. The smallest absolute Gasteiger partial charge is 0.124 e. The van der Waals surface area contributed by atoms with E-state index < -0.39 is 0 Å². The van der Waals surface area contributed by atoms with Crippen molar-refractivity contribution < 1.29 is 4.39 Å². The van der Waals surface area contributed by atoms with Crippen LogP contribution in [0.5, 0.6) is 0 Å². The second-order valence-electron chi connectivity index (χ2n) is 6.45. The zero-order chi connectivity index (χ0) is 14.7. The van der Waals surface area contributed by atoms with Gasteiger partial charge in [-0.2, -0.15) is 0 Å². The van der Waals surface area contributed by atoms with Crippen molar-refractivity contribution in [1.29, 1.82) is 0 Å². The van der Waals surface area contributed by atoms with E-state index in [0.29, 0.717) is 12.0 Å². The average molecular weight is 342 g/mol. The molecule has 0 heterocycles. The molecule has 1 N–H and O–H groups in total. The Bertz CT molecular complexity index is 426. The molecule has 0 aliphatic heterocycles.